The van der Waals surface area contributed by atoms with Gasteiger partial charge in [-0.15, -0.1) is 0 Å². The van der Waals surface area contributed by atoms with E-state index in [1.807, 2.05) is 19.2 Å². The van der Waals surface area contributed by atoms with Crippen molar-refractivity contribution in [1.82, 2.24) is 15.1 Å². The van der Waals surface area contributed by atoms with Crippen LogP contribution in [-0.2, 0) is 11.3 Å². The van der Waals surface area contributed by atoms with Crippen molar-refractivity contribution in [2.75, 3.05) is 33.2 Å². The number of likely N-dealkylation sites (tertiary alicyclic amines) is 2. The van der Waals surface area contributed by atoms with Crippen LogP contribution in [0.1, 0.15) is 35.2 Å². The molecule has 0 unspecified atom stereocenters. The maximum atomic E-state index is 12.3. The van der Waals surface area contributed by atoms with Gasteiger partial charge in [-0.1, -0.05) is 18.2 Å². The molecule has 0 radical (unpaired) electrons. The molecule has 136 valence electrons. The maximum absolute atomic E-state index is 12.3. The van der Waals surface area contributed by atoms with Gasteiger partial charge in [-0.2, -0.15) is 0 Å². The number of amides is 1. The van der Waals surface area contributed by atoms with Gasteiger partial charge < -0.3 is 15.3 Å². The van der Waals surface area contributed by atoms with E-state index < -0.39 is 5.97 Å². The molecule has 1 aromatic rings. The van der Waals surface area contributed by atoms with Crippen molar-refractivity contribution in [3.8, 4) is 0 Å². The summed E-state index contributed by atoms with van der Waals surface area (Å²) in [5.74, 6) is -0.103. The van der Waals surface area contributed by atoms with Gasteiger partial charge in [-0.3, -0.25) is 9.69 Å². The molecule has 2 atom stereocenters. The average molecular weight is 345 g/mol. The summed E-state index contributed by atoms with van der Waals surface area (Å²) in [4.78, 5) is 28.1. The number of piperidine rings is 2. The van der Waals surface area contributed by atoms with Crippen LogP contribution in [0.4, 0.5) is 0 Å². The lowest BCUT2D eigenvalue weighted by atomic mass is 9.83. The first-order valence-corrected chi connectivity index (χ1v) is 9.07. The van der Waals surface area contributed by atoms with E-state index in [2.05, 4.69) is 15.1 Å². The first-order valence-electron chi connectivity index (χ1n) is 9.07. The highest BCUT2D eigenvalue weighted by Crippen LogP contribution is 2.31. The Morgan fingerprint density at radius 2 is 2.12 bits per heavy atom. The number of likely N-dealkylation sites (N-methyl/N-ethyl adjacent to an activating group) is 1. The first kappa shape index (κ1) is 17.9. The number of hydrogen-bond donors (Lipinski definition) is 2. The summed E-state index contributed by atoms with van der Waals surface area (Å²) < 4.78 is 0. The lowest BCUT2D eigenvalue weighted by molar-refractivity contribution is -0.141. The van der Waals surface area contributed by atoms with Crippen molar-refractivity contribution < 1.29 is 14.7 Å². The predicted octanol–water partition coefficient (Wildman–Crippen LogP) is 1.42. The van der Waals surface area contributed by atoms with Crippen molar-refractivity contribution in [1.29, 1.82) is 0 Å². The minimum absolute atomic E-state index is 0.279. The number of aromatic carboxylic acids is 1. The summed E-state index contributed by atoms with van der Waals surface area (Å²) >= 11 is 0. The van der Waals surface area contributed by atoms with Gasteiger partial charge in [-0.25, -0.2) is 4.79 Å². The molecule has 0 aliphatic carbocycles. The Balaban J connectivity index is 1.66. The molecular formula is C19H27N3O3. The fourth-order valence-corrected chi connectivity index (χ4v) is 4.20. The number of hydrogen-bond acceptors (Lipinski definition) is 4. The normalized spacial score (nSPS) is 24.2. The van der Waals surface area contributed by atoms with Crippen LogP contribution >= 0.6 is 0 Å². The fraction of sp³-hybridized carbons (Fsp3) is 0.579. The van der Waals surface area contributed by atoms with Crippen molar-refractivity contribution in [3.63, 3.8) is 0 Å². The topological polar surface area (TPSA) is 72.9 Å². The number of rotatable bonds is 6. The molecule has 0 saturated carbocycles. The highest BCUT2D eigenvalue weighted by atomic mass is 16.4. The van der Waals surface area contributed by atoms with Crippen LogP contribution in [0.15, 0.2) is 24.3 Å². The van der Waals surface area contributed by atoms with Gasteiger partial charge in [0.15, 0.2) is 0 Å². The summed E-state index contributed by atoms with van der Waals surface area (Å²) in [5, 5.41) is 12.5. The zero-order valence-electron chi connectivity index (χ0n) is 14.8. The van der Waals surface area contributed by atoms with Crippen LogP contribution in [0.5, 0.6) is 0 Å². The van der Waals surface area contributed by atoms with Crippen molar-refractivity contribution in [3.05, 3.63) is 35.4 Å². The number of benzene rings is 1. The average Bonchev–Trinajstić information content (AvgIpc) is 2.61. The van der Waals surface area contributed by atoms with E-state index in [1.54, 1.807) is 12.1 Å². The Bertz CT molecular complexity index is 634. The monoisotopic (exact) mass is 345 g/mol. The molecule has 2 N–H and O–H groups in total. The maximum Gasteiger partial charge on any atom is 0.336 e. The molecule has 1 amide bonds. The highest BCUT2D eigenvalue weighted by Gasteiger charge is 2.38. The number of nitrogens with one attached hydrogen (secondary N) is 1. The van der Waals surface area contributed by atoms with E-state index in [0.29, 0.717) is 30.5 Å². The highest BCUT2D eigenvalue weighted by molar-refractivity contribution is 5.89. The minimum atomic E-state index is -0.869. The molecule has 6 heteroatoms. The standard InChI is InChI=1S/C19H27N3O3/c1-20-9-11-22-17-8-10-21(13-15(17)6-7-18(22)23)12-14-4-2-3-5-16(14)19(24)25/h2-5,15,17,20H,6-13H2,1H3,(H,24,25)/t15-,17+/m0/s1. The van der Waals surface area contributed by atoms with Gasteiger partial charge in [0, 0.05) is 45.2 Å². The Kier molecular flexibility index (Phi) is 5.71. The number of carboxylic acid groups (broad SMARTS) is 1. The number of nitrogens with zero attached hydrogens (tertiary/aromatic N) is 2. The molecule has 1 aromatic carbocycles. The second-order valence-electron chi connectivity index (χ2n) is 7.04. The van der Waals surface area contributed by atoms with Gasteiger partial charge in [-0.05, 0) is 37.4 Å². The van der Waals surface area contributed by atoms with Crippen molar-refractivity contribution in [2.24, 2.45) is 5.92 Å². The summed E-state index contributed by atoms with van der Waals surface area (Å²) in [6.07, 6.45) is 2.54. The van der Waals surface area contributed by atoms with E-state index in [0.717, 1.165) is 44.6 Å². The largest absolute Gasteiger partial charge is 0.478 e. The van der Waals surface area contributed by atoms with Crippen LogP contribution in [0, 0.1) is 5.92 Å². The van der Waals surface area contributed by atoms with E-state index in [9.17, 15) is 14.7 Å². The molecule has 2 heterocycles. The number of fused-ring (bicyclic) bond motifs is 1. The number of carbonyl (C=O) groups is 2. The fourth-order valence-electron chi connectivity index (χ4n) is 4.20. The SMILES string of the molecule is CNCCN1C(=O)CC[C@H]2CN(Cc3ccccc3C(=O)O)CC[C@H]21. The molecular weight excluding hydrogens is 318 g/mol. The molecule has 0 spiro atoms. The molecule has 6 nitrogen and oxygen atoms in total. The van der Waals surface area contributed by atoms with Crippen LogP contribution in [0.25, 0.3) is 0 Å². The summed E-state index contributed by atoms with van der Waals surface area (Å²) in [6.45, 7) is 4.10. The zero-order chi connectivity index (χ0) is 17.8. The smallest absolute Gasteiger partial charge is 0.336 e. The van der Waals surface area contributed by atoms with Gasteiger partial charge in [0.2, 0.25) is 5.91 Å². The molecule has 2 aliphatic rings. The Morgan fingerprint density at radius 1 is 1.32 bits per heavy atom. The number of carboxylic acids is 1. The van der Waals surface area contributed by atoms with Gasteiger partial charge in [0.1, 0.15) is 0 Å². The van der Waals surface area contributed by atoms with Crippen molar-refractivity contribution >= 4 is 11.9 Å². The lowest BCUT2D eigenvalue weighted by Gasteiger charge is -2.47. The molecule has 0 bridgehead atoms. The summed E-state index contributed by atoms with van der Waals surface area (Å²) in [6, 6.07) is 7.57. The Hall–Kier alpha value is -1.92. The second-order valence-corrected chi connectivity index (χ2v) is 7.04. The van der Waals surface area contributed by atoms with E-state index in [-0.39, 0.29) is 5.91 Å². The zero-order valence-corrected chi connectivity index (χ0v) is 14.8. The van der Waals surface area contributed by atoms with Crippen LogP contribution in [0.3, 0.4) is 0 Å². The second kappa shape index (κ2) is 7.97. The third kappa shape index (κ3) is 4.02. The molecule has 0 aromatic heterocycles. The predicted molar refractivity (Wildman–Crippen MR) is 95.4 cm³/mol. The quantitative estimate of drug-likeness (QED) is 0.816. The lowest BCUT2D eigenvalue weighted by Crippen LogP contribution is -2.56. The third-order valence-electron chi connectivity index (χ3n) is 5.47. The van der Waals surface area contributed by atoms with Gasteiger partial charge in [0.05, 0.1) is 5.56 Å². The van der Waals surface area contributed by atoms with E-state index in [4.69, 9.17) is 0 Å². The van der Waals surface area contributed by atoms with Crippen LogP contribution in [-0.4, -0.2) is 66.1 Å². The van der Waals surface area contributed by atoms with Gasteiger partial charge in [0.25, 0.3) is 0 Å². The minimum Gasteiger partial charge on any atom is -0.478 e. The molecule has 2 saturated heterocycles. The molecule has 2 fully saturated rings. The number of carbonyl (C=O) groups excluding carboxylic acids is 1. The summed E-state index contributed by atoms with van der Waals surface area (Å²) in [7, 11) is 1.91. The third-order valence-corrected chi connectivity index (χ3v) is 5.47. The van der Waals surface area contributed by atoms with E-state index >= 15 is 0 Å². The van der Waals surface area contributed by atoms with Crippen LogP contribution < -0.4 is 5.32 Å². The Labute approximate surface area is 148 Å². The van der Waals surface area contributed by atoms with Gasteiger partial charge >= 0.3 is 5.97 Å². The van der Waals surface area contributed by atoms with Crippen molar-refractivity contribution in [2.45, 2.75) is 31.8 Å². The molecule has 25 heavy (non-hydrogen) atoms. The first-order chi connectivity index (χ1) is 12.1. The Morgan fingerprint density at radius 3 is 2.88 bits per heavy atom. The molecule has 2 aliphatic heterocycles. The molecule has 3 rings (SSSR count). The summed E-state index contributed by atoms with van der Waals surface area (Å²) in [5.41, 5.74) is 1.26. The van der Waals surface area contributed by atoms with E-state index in [1.165, 1.54) is 0 Å². The van der Waals surface area contributed by atoms with Crippen LogP contribution in [0.2, 0.25) is 0 Å².